The van der Waals surface area contributed by atoms with Crippen LogP contribution in [-0.4, -0.2) is 41.3 Å². The van der Waals surface area contributed by atoms with Gasteiger partial charge in [-0.1, -0.05) is 23.4 Å². The summed E-state index contributed by atoms with van der Waals surface area (Å²) in [5.74, 6) is 1.70. The number of amides is 1. The number of carbonyl (C=O) groups excluding carboxylic acids is 1. The first-order valence-electron chi connectivity index (χ1n) is 8.68. The highest BCUT2D eigenvalue weighted by molar-refractivity contribution is 5.78. The van der Waals surface area contributed by atoms with E-state index in [1.54, 1.807) is 0 Å². The Hall–Kier alpha value is -2.34. The lowest BCUT2D eigenvalue weighted by molar-refractivity contribution is -0.136. The Kier molecular flexibility index (Phi) is 4.21. The number of rotatable bonds is 4. The standard InChI is InChI=1S/C19H22N2O4/c1-14-10-16(20-25-14)11-23-12-18(22)21-9-8-19(13-21)7-6-15-4-2-3-5-17(15)24-19/h2-5,10H,6-9,11-13H2,1H3. The van der Waals surface area contributed by atoms with E-state index in [-0.39, 0.29) is 24.7 Å². The summed E-state index contributed by atoms with van der Waals surface area (Å²) in [6, 6.07) is 9.97. The molecule has 3 heterocycles. The van der Waals surface area contributed by atoms with Crippen molar-refractivity contribution in [2.45, 2.75) is 38.4 Å². The van der Waals surface area contributed by atoms with Crippen LogP contribution in [0.2, 0.25) is 0 Å². The fourth-order valence-electron chi connectivity index (χ4n) is 3.62. The van der Waals surface area contributed by atoms with Crippen molar-refractivity contribution in [2.75, 3.05) is 19.7 Å². The second-order valence-corrected chi connectivity index (χ2v) is 6.88. The van der Waals surface area contributed by atoms with Crippen molar-refractivity contribution in [3.05, 3.63) is 47.3 Å². The number of para-hydroxylation sites is 1. The predicted octanol–water partition coefficient (Wildman–Crippen LogP) is 2.50. The van der Waals surface area contributed by atoms with Gasteiger partial charge in [0.2, 0.25) is 5.91 Å². The van der Waals surface area contributed by atoms with E-state index < -0.39 is 0 Å². The molecule has 25 heavy (non-hydrogen) atoms. The van der Waals surface area contributed by atoms with Gasteiger partial charge in [0.25, 0.3) is 0 Å². The summed E-state index contributed by atoms with van der Waals surface area (Å²) >= 11 is 0. The Balaban J connectivity index is 1.31. The van der Waals surface area contributed by atoms with Crippen LogP contribution in [0.4, 0.5) is 0 Å². The van der Waals surface area contributed by atoms with E-state index in [0.717, 1.165) is 30.8 Å². The maximum absolute atomic E-state index is 12.4. The maximum atomic E-state index is 12.4. The lowest BCUT2D eigenvalue weighted by atomic mass is 9.90. The third-order valence-electron chi connectivity index (χ3n) is 4.97. The van der Waals surface area contributed by atoms with Gasteiger partial charge in [-0.05, 0) is 31.4 Å². The van der Waals surface area contributed by atoms with E-state index in [0.29, 0.717) is 18.8 Å². The molecule has 1 aromatic heterocycles. The molecule has 1 unspecified atom stereocenters. The number of hydrogen-bond donors (Lipinski definition) is 0. The smallest absolute Gasteiger partial charge is 0.248 e. The van der Waals surface area contributed by atoms with Gasteiger partial charge in [-0.15, -0.1) is 0 Å². The minimum absolute atomic E-state index is 0.000416. The van der Waals surface area contributed by atoms with Crippen LogP contribution < -0.4 is 4.74 Å². The molecule has 2 aliphatic rings. The zero-order valence-corrected chi connectivity index (χ0v) is 14.4. The van der Waals surface area contributed by atoms with Gasteiger partial charge in [-0.2, -0.15) is 0 Å². The van der Waals surface area contributed by atoms with Crippen LogP contribution >= 0.6 is 0 Å². The van der Waals surface area contributed by atoms with Crippen LogP contribution in [-0.2, 0) is 22.6 Å². The molecule has 1 saturated heterocycles. The summed E-state index contributed by atoms with van der Waals surface area (Å²) < 4.78 is 16.7. The highest BCUT2D eigenvalue weighted by Crippen LogP contribution is 2.38. The van der Waals surface area contributed by atoms with E-state index in [1.807, 2.05) is 36.1 Å². The molecule has 4 rings (SSSR count). The minimum Gasteiger partial charge on any atom is -0.485 e. The van der Waals surface area contributed by atoms with E-state index >= 15 is 0 Å². The van der Waals surface area contributed by atoms with Gasteiger partial charge in [0, 0.05) is 19.0 Å². The molecular weight excluding hydrogens is 320 g/mol. The molecule has 6 heteroatoms. The van der Waals surface area contributed by atoms with Crippen molar-refractivity contribution < 1.29 is 18.8 Å². The lowest BCUT2D eigenvalue weighted by Crippen LogP contribution is -2.44. The largest absolute Gasteiger partial charge is 0.485 e. The Morgan fingerprint density at radius 2 is 2.24 bits per heavy atom. The molecule has 6 nitrogen and oxygen atoms in total. The number of likely N-dealkylation sites (tertiary alicyclic amines) is 1. The highest BCUT2D eigenvalue weighted by Gasteiger charge is 2.43. The van der Waals surface area contributed by atoms with Crippen molar-refractivity contribution in [2.24, 2.45) is 0 Å². The number of aromatic nitrogens is 1. The van der Waals surface area contributed by atoms with Crippen LogP contribution in [0.1, 0.15) is 29.9 Å². The first-order valence-corrected chi connectivity index (χ1v) is 8.68. The Bertz CT molecular complexity index is 772. The topological polar surface area (TPSA) is 64.8 Å². The third-order valence-corrected chi connectivity index (χ3v) is 4.97. The number of hydrogen-bond acceptors (Lipinski definition) is 5. The van der Waals surface area contributed by atoms with E-state index in [9.17, 15) is 4.79 Å². The number of aryl methyl sites for hydroxylation is 2. The average molecular weight is 342 g/mol. The third kappa shape index (κ3) is 3.39. The SMILES string of the molecule is Cc1cc(COCC(=O)N2CCC3(CCc4ccccc4O3)C2)no1. The van der Waals surface area contributed by atoms with Gasteiger partial charge in [0.1, 0.15) is 29.4 Å². The Morgan fingerprint density at radius 3 is 3.08 bits per heavy atom. The molecule has 0 N–H and O–H groups in total. The fraction of sp³-hybridized carbons (Fsp3) is 0.474. The van der Waals surface area contributed by atoms with Gasteiger partial charge in [0.05, 0.1) is 13.2 Å². The predicted molar refractivity (Wildman–Crippen MR) is 90.2 cm³/mol. The summed E-state index contributed by atoms with van der Waals surface area (Å²) in [5, 5.41) is 3.85. The summed E-state index contributed by atoms with van der Waals surface area (Å²) in [7, 11) is 0. The molecule has 132 valence electrons. The van der Waals surface area contributed by atoms with Crippen LogP contribution in [0, 0.1) is 6.92 Å². The highest BCUT2D eigenvalue weighted by atomic mass is 16.5. The first-order chi connectivity index (χ1) is 12.1. The van der Waals surface area contributed by atoms with Gasteiger partial charge < -0.3 is 18.9 Å². The normalized spacial score (nSPS) is 22.0. The molecule has 1 atom stereocenters. The summed E-state index contributed by atoms with van der Waals surface area (Å²) in [5.41, 5.74) is 1.72. The van der Waals surface area contributed by atoms with E-state index in [1.165, 1.54) is 5.56 Å². The molecule has 0 aliphatic carbocycles. The fourth-order valence-corrected chi connectivity index (χ4v) is 3.62. The minimum atomic E-state index is -0.243. The summed E-state index contributed by atoms with van der Waals surface area (Å²) in [4.78, 5) is 14.3. The molecule has 1 fully saturated rings. The number of carbonyl (C=O) groups is 1. The molecule has 2 aromatic rings. The van der Waals surface area contributed by atoms with E-state index in [2.05, 4.69) is 11.2 Å². The van der Waals surface area contributed by atoms with Crippen LogP contribution in [0.5, 0.6) is 5.75 Å². The molecule has 0 bridgehead atoms. The Labute approximate surface area is 146 Å². The van der Waals surface area contributed by atoms with E-state index in [4.69, 9.17) is 14.0 Å². The molecular formula is C19H22N2O4. The number of ether oxygens (including phenoxy) is 2. The van der Waals surface area contributed by atoms with Gasteiger partial charge in [-0.3, -0.25) is 4.79 Å². The monoisotopic (exact) mass is 342 g/mol. The Morgan fingerprint density at radius 1 is 1.36 bits per heavy atom. The van der Waals surface area contributed by atoms with Crippen molar-refractivity contribution in [1.29, 1.82) is 0 Å². The average Bonchev–Trinajstić information content (AvgIpc) is 3.21. The lowest BCUT2D eigenvalue weighted by Gasteiger charge is -2.35. The van der Waals surface area contributed by atoms with Crippen LogP contribution in [0.25, 0.3) is 0 Å². The number of fused-ring (bicyclic) bond motifs is 1. The van der Waals surface area contributed by atoms with Crippen molar-refractivity contribution in [3.8, 4) is 5.75 Å². The first kappa shape index (κ1) is 16.1. The molecule has 1 amide bonds. The summed E-state index contributed by atoms with van der Waals surface area (Å²) in [6.07, 6.45) is 2.82. The van der Waals surface area contributed by atoms with Gasteiger partial charge >= 0.3 is 0 Å². The van der Waals surface area contributed by atoms with Crippen molar-refractivity contribution >= 4 is 5.91 Å². The summed E-state index contributed by atoms with van der Waals surface area (Å²) in [6.45, 7) is 3.51. The molecule has 1 aromatic carbocycles. The molecule has 0 saturated carbocycles. The number of nitrogens with zero attached hydrogens (tertiary/aromatic N) is 2. The molecule has 2 aliphatic heterocycles. The van der Waals surface area contributed by atoms with Crippen molar-refractivity contribution in [1.82, 2.24) is 10.1 Å². The number of benzene rings is 1. The van der Waals surface area contributed by atoms with Gasteiger partial charge in [0.15, 0.2) is 0 Å². The molecule has 0 radical (unpaired) electrons. The molecule has 1 spiro atoms. The maximum Gasteiger partial charge on any atom is 0.248 e. The van der Waals surface area contributed by atoms with Gasteiger partial charge in [-0.25, -0.2) is 0 Å². The second kappa shape index (κ2) is 6.52. The quantitative estimate of drug-likeness (QED) is 0.854. The second-order valence-electron chi connectivity index (χ2n) is 6.88. The zero-order valence-electron chi connectivity index (χ0n) is 14.4. The van der Waals surface area contributed by atoms with Crippen LogP contribution in [0.3, 0.4) is 0 Å². The van der Waals surface area contributed by atoms with Crippen LogP contribution in [0.15, 0.2) is 34.9 Å². The van der Waals surface area contributed by atoms with Crippen molar-refractivity contribution in [3.63, 3.8) is 0 Å². The zero-order chi connectivity index (χ0) is 17.3.